The van der Waals surface area contributed by atoms with Gasteiger partial charge in [0.1, 0.15) is 5.76 Å². The van der Waals surface area contributed by atoms with E-state index in [1.165, 1.54) is 12.0 Å². The molecule has 3 heteroatoms. The summed E-state index contributed by atoms with van der Waals surface area (Å²) in [6.07, 6.45) is 4.22. The third-order valence-corrected chi connectivity index (χ3v) is 2.29. The third kappa shape index (κ3) is 2.59. The highest BCUT2D eigenvalue weighted by atomic mass is 16.3. The summed E-state index contributed by atoms with van der Waals surface area (Å²) in [6.45, 7) is 2.82. The molecule has 0 radical (unpaired) electrons. The summed E-state index contributed by atoms with van der Waals surface area (Å²) < 4.78 is 5.14. The Bertz CT molecular complexity index is 409. The maximum Gasteiger partial charge on any atom is 0.180 e. The van der Waals surface area contributed by atoms with E-state index in [0.29, 0.717) is 6.54 Å². The molecule has 0 spiro atoms. The molecule has 1 aromatic carbocycles. The quantitative estimate of drug-likeness (QED) is 0.828. The highest BCUT2D eigenvalue weighted by molar-refractivity contribution is 5.45. The molecular weight excluding hydrogens is 188 g/mol. The molecule has 1 aromatic heterocycles. The van der Waals surface area contributed by atoms with Crippen LogP contribution >= 0.6 is 0 Å². The number of aromatic nitrogens is 1. The number of benzene rings is 1. The van der Waals surface area contributed by atoms with Gasteiger partial charge in [-0.1, -0.05) is 19.1 Å². The molecule has 0 bridgehead atoms. The van der Waals surface area contributed by atoms with Gasteiger partial charge in [-0.15, -0.1) is 0 Å². The number of nitrogens with zero attached hydrogens (tertiary/aromatic N) is 1. The second-order valence-electron chi connectivity index (χ2n) is 3.38. The van der Waals surface area contributed by atoms with Gasteiger partial charge in [-0.3, -0.25) is 0 Å². The van der Waals surface area contributed by atoms with Crippen molar-refractivity contribution in [3.8, 4) is 0 Å². The van der Waals surface area contributed by atoms with E-state index in [0.717, 1.165) is 17.9 Å². The zero-order valence-corrected chi connectivity index (χ0v) is 8.73. The third-order valence-electron chi connectivity index (χ3n) is 2.29. The van der Waals surface area contributed by atoms with Gasteiger partial charge >= 0.3 is 0 Å². The Balaban J connectivity index is 1.98. The molecule has 78 valence electrons. The summed E-state index contributed by atoms with van der Waals surface area (Å²) in [4.78, 5) is 3.86. The predicted molar refractivity (Wildman–Crippen MR) is 59.6 cm³/mol. The Morgan fingerprint density at radius 1 is 1.40 bits per heavy atom. The van der Waals surface area contributed by atoms with Gasteiger partial charge < -0.3 is 9.73 Å². The molecule has 1 heterocycles. The minimum Gasteiger partial charge on any atom is -0.447 e. The largest absolute Gasteiger partial charge is 0.447 e. The zero-order valence-electron chi connectivity index (χ0n) is 8.73. The molecule has 0 fully saturated rings. The molecule has 3 nitrogen and oxygen atoms in total. The number of hydrogen-bond donors (Lipinski definition) is 1. The Morgan fingerprint density at radius 3 is 3.07 bits per heavy atom. The minimum absolute atomic E-state index is 0.674. The van der Waals surface area contributed by atoms with Gasteiger partial charge in [-0.05, 0) is 24.1 Å². The number of anilines is 1. The van der Waals surface area contributed by atoms with E-state index in [4.69, 9.17) is 4.42 Å². The minimum atomic E-state index is 0.674. The summed E-state index contributed by atoms with van der Waals surface area (Å²) in [5.41, 5.74) is 2.45. The summed E-state index contributed by atoms with van der Waals surface area (Å²) in [5, 5.41) is 3.29. The van der Waals surface area contributed by atoms with E-state index in [2.05, 4.69) is 41.5 Å². The smallest absolute Gasteiger partial charge is 0.180 e. The molecule has 0 aliphatic carbocycles. The van der Waals surface area contributed by atoms with Crippen LogP contribution in [-0.2, 0) is 13.0 Å². The standard InChI is InChI=1S/C12H14N2O/c1-2-10-4-3-5-11(6-10)14-8-12-7-13-9-15-12/h3-7,9,14H,2,8H2,1H3. The van der Waals surface area contributed by atoms with Crippen molar-refractivity contribution in [1.82, 2.24) is 4.98 Å². The van der Waals surface area contributed by atoms with Gasteiger partial charge in [0, 0.05) is 5.69 Å². The number of nitrogens with one attached hydrogen (secondary N) is 1. The van der Waals surface area contributed by atoms with Crippen LogP contribution < -0.4 is 5.32 Å². The van der Waals surface area contributed by atoms with Crippen molar-refractivity contribution < 1.29 is 4.42 Å². The molecule has 0 saturated carbocycles. The fraction of sp³-hybridized carbons (Fsp3) is 0.250. The average Bonchev–Trinajstić information content (AvgIpc) is 2.79. The lowest BCUT2D eigenvalue weighted by Crippen LogP contribution is -1.98. The van der Waals surface area contributed by atoms with Gasteiger partial charge in [-0.25, -0.2) is 4.98 Å². The average molecular weight is 202 g/mol. The normalized spacial score (nSPS) is 10.2. The van der Waals surface area contributed by atoms with Crippen molar-refractivity contribution in [3.63, 3.8) is 0 Å². The summed E-state index contributed by atoms with van der Waals surface area (Å²) >= 11 is 0. The van der Waals surface area contributed by atoms with Crippen molar-refractivity contribution in [1.29, 1.82) is 0 Å². The molecule has 0 atom stereocenters. The summed E-state index contributed by atoms with van der Waals surface area (Å²) in [7, 11) is 0. The van der Waals surface area contributed by atoms with Crippen LogP contribution in [0.1, 0.15) is 18.2 Å². The highest BCUT2D eigenvalue weighted by Gasteiger charge is 1.97. The SMILES string of the molecule is CCc1cccc(NCc2cnco2)c1. The van der Waals surface area contributed by atoms with E-state index in [9.17, 15) is 0 Å². The van der Waals surface area contributed by atoms with Crippen molar-refractivity contribution >= 4 is 5.69 Å². The van der Waals surface area contributed by atoms with Crippen LogP contribution in [0.15, 0.2) is 41.3 Å². The topological polar surface area (TPSA) is 38.1 Å². The first-order chi connectivity index (χ1) is 7.38. The molecule has 0 aliphatic rings. The van der Waals surface area contributed by atoms with Crippen LogP contribution in [0.4, 0.5) is 5.69 Å². The molecule has 1 N–H and O–H groups in total. The van der Waals surface area contributed by atoms with Gasteiger partial charge in [-0.2, -0.15) is 0 Å². The Labute approximate surface area is 89.1 Å². The molecule has 0 saturated heterocycles. The maximum atomic E-state index is 5.14. The fourth-order valence-corrected chi connectivity index (χ4v) is 1.42. The van der Waals surface area contributed by atoms with Crippen LogP contribution in [0.3, 0.4) is 0 Å². The van der Waals surface area contributed by atoms with Gasteiger partial charge in [0.25, 0.3) is 0 Å². The number of rotatable bonds is 4. The molecule has 15 heavy (non-hydrogen) atoms. The van der Waals surface area contributed by atoms with Crippen LogP contribution in [0.2, 0.25) is 0 Å². The van der Waals surface area contributed by atoms with Crippen LogP contribution in [0.25, 0.3) is 0 Å². The number of hydrogen-bond acceptors (Lipinski definition) is 3. The second kappa shape index (κ2) is 4.64. The zero-order chi connectivity index (χ0) is 10.5. The van der Waals surface area contributed by atoms with E-state index >= 15 is 0 Å². The lowest BCUT2D eigenvalue weighted by Gasteiger charge is -2.05. The summed E-state index contributed by atoms with van der Waals surface area (Å²) in [5.74, 6) is 0.844. The van der Waals surface area contributed by atoms with Gasteiger partial charge in [0.05, 0.1) is 12.7 Å². The first-order valence-corrected chi connectivity index (χ1v) is 5.08. The molecule has 0 unspecified atom stereocenters. The first-order valence-electron chi connectivity index (χ1n) is 5.08. The lowest BCUT2D eigenvalue weighted by molar-refractivity contribution is 0.512. The Morgan fingerprint density at radius 2 is 2.33 bits per heavy atom. The Kier molecular flexibility index (Phi) is 3.02. The van der Waals surface area contributed by atoms with Crippen molar-refractivity contribution in [3.05, 3.63) is 48.2 Å². The monoisotopic (exact) mass is 202 g/mol. The van der Waals surface area contributed by atoms with E-state index in [1.54, 1.807) is 6.20 Å². The molecule has 0 amide bonds. The molecule has 2 rings (SSSR count). The molecular formula is C12H14N2O. The fourth-order valence-electron chi connectivity index (χ4n) is 1.42. The van der Waals surface area contributed by atoms with E-state index in [1.807, 2.05) is 0 Å². The highest BCUT2D eigenvalue weighted by Crippen LogP contribution is 2.12. The lowest BCUT2D eigenvalue weighted by atomic mass is 10.1. The predicted octanol–water partition coefficient (Wildman–Crippen LogP) is 2.85. The van der Waals surface area contributed by atoms with Crippen LogP contribution in [0.5, 0.6) is 0 Å². The van der Waals surface area contributed by atoms with Crippen LogP contribution in [0, 0.1) is 0 Å². The molecule has 2 aromatic rings. The van der Waals surface area contributed by atoms with Crippen molar-refractivity contribution in [2.45, 2.75) is 19.9 Å². The summed E-state index contributed by atoms with van der Waals surface area (Å²) in [6, 6.07) is 8.38. The van der Waals surface area contributed by atoms with Crippen LogP contribution in [-0.4, -0.2) is 4.98 Å². The second-order valence-corrected chi connectivity index (χ2v) is 3.38. The van der Waals surface area contributed by atoms with Crippen molar-refractivity contribution in [2.24, 2.45) is 0 Å². The Hall–Kier alpha value is -1.77. The van der Waals surface area contributed by atoms with Gasteiger partial charge in [0.2, 0.25) is 0 Å². The van der Waals surface area contributed by atoms with E-state index in [-0.39, 0.29) is 0 Å². The van der Waals surface area contributed by atoms with Crippen molar-refractivity contribution in [2.75, 3.05) is 5.32 Å². The first kappa shape index (κ1) is 9.77. The van der Waals surface area contributed by atoms with Gasteiger partial charge in [0.15, 0.2) is 6.39 Å². The van der Waals surface area contributed by atoms with E-state index < -0.39 is 0 Å². The number of aryl methyl sites for hydroxylation is 1. The number of oxazole rings is 1. The maximum absolute atomic E-state index is 5.14. The molecule has 0 aliphatic heterocycles.